The molecule has 10 heteroatoms. The lowest BCUT2D eigenvalue weighted by Gasteiger charge is -2.24. The molecule has 0 aliphatic rings. The summed E-state index contributed by atoms with van der Waals surface area (Å²) in [4.78, 5) is 29.2. The van der Waals surface area contributed by atoms with Crippen LogP contribution in [0.25, 0.3) is 0 Å². The Morgan fingerprint density at radius 1 is 1.09 bits per heavy atom. The van der Waals surface area contributed by atoms with E-state index in [1.807, 2.05) is 32.0 Å². The van der Waals surface area contributed by atoms with Crippen molar-refractivity contribution in [2.45, 2.75) is 70.8 Å². The minimum absolute atomic E-state index is 0.162. The molecule has 0 aromatic heterocycles. The van der Waals surface area contributed by atoms with Crippen LogP contribution in [0.2, 0.25) is 0 Å². The number of hydrogen-bond acceptors (Lipinski definition) is 5. The zero-order valence-corrected chi connectivity index (χ0v) is 20.1. The third-order valence-corrected chi connectivity index (χ3v) is 5.24. The first-order valence-electron chi connectivity index (χ1n) is 11.7. The summed E-state index contributed by atoms with van der Waals surface area (Å²) in [6.07, 6.45) is 4.17. The summed E-state index contributed by atoms with van der Waals surface area (Å²) in [5, 5.41) is 27.7. The Hall–Kier alpha value is -2.59. The molecule has 2 amide bonds. The van der Waals surface area contributed by atoms with Crippen LogP contribution in [-0.4, -0.2) is 60.5 Å². The van der Waals surface area contributed by atoms with Crippen molar-refractivity contribution in [2.24, 2.45) is 16.6 Å². The lowest BCUT2D eigenvalue weighted by atomic mass is 9.75. The van der Waals surface area contributed by atoms with Crippen molar-refractivity contribution in [2.75, 3.05) is 13.6 Å². The number of unbranched alkanes of at least 4 members (excludes halogenated alkanes) is 1. The number of benzene rings is 1. The summed E-state index contributed by atoms with van der Waals surface area (Å²) in [5.74, 6) is -0.961. The number of guanidine groups is 1. The van der Waals surface area contributed by atoms with Gasteiger partial charge in [0.15, 0.2) is 5.96 Å². The second kappa shape index (κ2) is 16.1. The number of nitrogens with two attached hydrogens (primary N) is 1. The lowest BCUT2D eigenvalue weighted by Crippen LogP contribution is -2.54. The van der Waals surface area contributed by atoms with Crippen molar-refractivity contribution in [1.29, 1.82) is 0 Å². The summed E-state index contributed by atoms with van der Waals surface area (Å²) in [6, 6.07) is 9.32. The van der Waals surface area contributed by atoms with Crippen molar-refractivity contribution < 1.29 is 19.6 Å². The van der Waals surface area contributed by atoms with Gasteiger partial charge in [0.25, 0.3) is 0 Å². The molecule has 0 bridgehead atoms. The van der Waals surface area contributed by atoms with Crippen LogP contribution < -0.4 is 21.7 Å². The normalized spacial score (nSPS) is 13.3. The Balaban J connectivity index is 2.61. The summed E-state index contributed by atoms with van der Waals surface area (Å²) in [6.45, 7) is 4.36. The van der Waals surface area contributed by atoms with Crippen LogP contribution in [0.3, 0.4) is 0 Å². The van der Waals surface area contributed by atoms with Gasteiger partial charge in [0.05, 0.1) is 5.94 Å². The van der Waals surface area contributed by atoms with Crippen molar-refractivity contribution in [3.63, 3.8) is 0 Å². The van der Waals surface area contributed by atoms with Gasteiger partial charge in [-0.05, 0) is 50.0 Å². The number of nitrogens with zero attached hydrogens (tertiary/aromatic N) is 1. The molecule has 2 atom stereocenters. The molecule has 0 fully saturated rings. The third kappa shape index (κ3) is 12.9. The van der Waals surface area contributed by atoms with E-state index in [-0.39, 0.29) is 11.8 Å². The monoisotopic (exact) mass is 461 g/mol. The molecular weight excluding hydrogens is 421 g/mol. The molecule has 0 saturated heterocycles. The highest BCUT2D eigenvalue weighted by atomic mass is 16.4. The zero-order chi connectivity index (χ0) is 24.6. The maximum Gasteiger partial charge on any atom is 0.475 e. The fourth-order valence-corrected chi connectivity index (χ4v) is 3.44. The third-order valence-electron chi connectivity index (χ3n) is 5.24. The topological polar surface area (TPSA) is 149 Å². The van der Waals surface area contributed by atoms with Gasteiger partial charge in [0.1, 0.15) is 6.04 Å². The highest BCUT2D eigenvalue weighted by molar-refractivity contribution is 6.43. The molecule has 1 aromatic carbocycles. The molecule has 33 heavy (non-hydrogen) atoms. The molecule has 0 heterocycles. The lowest BCUT2D eigenvalue weighted by molar-refractivity contribution is -0.129. The van der Waals surface area contributed by atoms with E-state index in [4.69, 9.17) is 5.73 Å². The molecule has 0 saturated carbocycles. The molecule has 184 valence electrons. The van der Waals surface area contributed by atoms with Crippen molar-refractivity contribution in [3.8, 4) is 0 Å². The molecule has 7 N–H and O–H groups in total. The van der Waals surface area contributed by atoms with Gasteiger partial charge in [0.2, 0.25) is 11.8 Å². The summed E-state index contributed by atoms with van der Waals surface area (Å²) >= 11 is 0. The highest BCUT2D eigenvalue weighted by Crippen LogP contribution is 2.09. The first-order chi connectivity index (χ1) is 15.7. The van der Waals surface area contributed by atoms with Gasteiger partial charge in [-0.15, -0.1) is 0 Å². The average molecular weight is 461 g/mol. The molecule has 1 aromatic rings. The molecule has 0 spiro atoms. The van der Waals surface area contributed by atoms with Crippen LogP contribution in [0, 0.1) is 5.92 Å². The van der Waals surface area contributed by atoms with E-state index in [1.165, 1.54) is 5.56 Å². The second-order valence-electron chi connectivity index (χ2n) is 8.65. The van der Waals surface area contributed by atoms with E-state index in [9.17, 15) is 19.6 Å². The Morgan fingerprint density at radius 3 is 2.39 bits per heavy atom. The summed E-state index contributed by atoms with van der Waals surface area (Å²) in [5.41, 5.74) is 6.85. The number of nitrogens with one attached hydrogen (secondary N) is 3. The minimum Gasteiger partial charge on any atom is -0.426 e. The maximum absolute atomic E-state index is 12.9. The van der Waals surface area contributed by atoms with E-state index in [0.717, 1.165) is 12.8 Å². The fourth-order valence-electron chi connectivity index (χ4n) is 3.44. The van der Waals surface area contributed by atoms with Gasteiger partial charge in [-0.2, -0.15) is 0 Å². The SMILES string of the molecule is CN=C(N)NCCC[C@H](NC(=O)CCCCc1ccccc1)C(=O)N[C@@H](CC(C)C)B(O)O. The largest absolute Gasteiger partial charge is 0.475 e. The molecule has 0 aliphatic heterocycles. The van der Waals surface area contributed by atoms with Gasteiger partial charge in [-0.25, -0.2) is 0 Å². The van der Waals surface area contributed by atoms with Crippen molar-refractivity contribution in [3.05, 3.63) is 35.9 Å². The van der Waals surface area contributed by atoms with Crippen molar-refractivity contribution >= 4 is 24.9 Å². The zero-order valence-electron chi connectivity index (χ0n) is 20.1. The van der Waals surface area contributed by atoms with Crippen LogP contribution in [0.4, 0.5) is 0 Å². The second-order valence-corrected chi connectivity index (χ2v) is 8.65. The van der Waals surface area contributed by atoms with Crippen LogP contribution in [0.5, 0.6) is 0 Å². The van der Waals surface area contributed by atoms with Gasteiger partial charge in [-0.3, -0.25) is 14.6 Å². The number of aliphatic imine (C=N–C) groups is 1. The maximum atomic E-state index is 12.9. The van der Waals surface area contributed by atoms with Gasteiger partial charge < -0.3 is 31.7 Å². The van der Waals surface area contributed by atoms with Crippen LogP contribution in [0.15, 0.2) is 35.3 Å². The van der Waals surface area contributed by atoms with E-state index in [1.54, 1.807) is 7.05 Å². The molecule has 0 aliphatic carbocycles. The Morgan fingerprint density at radius 2 is 1.79 bits per heavy atom. The molecule has 1 rings (SSSR count). The van der Waals surface area contributed by atoms with Crippen LogP contribution in [-0.2, 0) is 16.0 Å². The number of amides is 2. The molecule has 0 unspecified atom stereocenters. The number of rotatable bonds is 15. The average Bonchev–Trinajstić information content (AvgIpc) is 2.78. The van der Waals surface area contributed by atoms with Gasteiger partial charge >= 0.3 is 7.12 Å². The quantitative estimate of drug-likeness (QED) is 0.0982. The summed E-state index contributed by atoms with van der Waals surface area (Å²) < 4.78 is 0. The first-order valence-corrected chi connectivity index (χ1v) is 11.7. The highest BCUT2D eigenvalue weighted by Gasteiger charge is 2.29. The number of carbonyl (C=O) groups is 2. The minimum atomic E-state index is -1.67. The molecule has 0 radical (unpaired) electrons. The summed E-state index contributed by atoms with van der Waals surface area (Å²) in [7, 11) is -0.0982. The molecule has 9 nitrogen and oxygen atoms in total. The van der Waals surface area contributed by atoms with E-state index in [2.05, 4.69) is 33.1 Å². The first kappa shape index (κ1) is 28.4. The van der Waals surface area contributed by atoms with Gasteiger partial charge in [-0.1, -0.05) is 44.2 Å². The van der Waals surface area contributed by atoms with E-state index >= 15 is 0 Å². The van der Waals surface area contributed by atoms with Gasteiger partial charge in [0, 0.05) is 20.0 Å². The predicted octanol–water partition coefficient (Wildman–Crippen LogP) is 0.741. The molecular formula is C23H40BN5O4. The van der Waals surface area contributed by atoms with Crippen LogP contribution in [0.1, 0.15) is 57.9 Å². The van der Waals surface area contributed by atoms with Crippen LogP contribution >= 0.6 is 0 Å². The predicted molar refractivity (Wildman–Crippen MR) is 132 cm³/mol. The van der Waals surface area contributed by atoms with E-state index < -0.39 is 25.0 Å². The standard InChI is InChI=1S/C23H40BN5O4/c1-17(2)16-20(24(32)33)29-22(31)19(13-9-15-27-23(25)26-3)28-21(30)14-8-7-12-18-10-5-4-6-11-18/h4-6,10-11,17,19-20,32-33H,7-9,12-16H2,1-3H3,(H,28,30)(H,29,31)(H3,25,26,27)/t19-,20-/m0/s1. The van der Waals surface area contributed by atoms with E-state index in [0.29, 0.717) is 44.6 Å². The van der Waals surface area contributed by atoms with Crippen molar-refractivity contribution in [1.82, 2.24) is 16.0 Å². The smallest absolute Gasteiger partial charge is 0.426 e. The number of hydrogen-bond donors (Lipinski definition) is 6. The Bertz CT molecular complexity index is 731. The Labute approximate surface area is 197 Å². The number of carbonyl (C=O) groups excluding carboxylic acids is 2. The fraction of sp³-hybridized carbons (Fsp3) is 0.609. The number of aryl methyl sites for hydroxylation is 1. The Kier molecular flexibility index (Phi) is 13.9.